The maximum Gasteiger partial charge on any atom is 0.414 e. The van der Waals surface area contributed by atoms with Crippen molar-refractivity contribution in [3.05, 3.63) is 29.3 Å². The molecule has 1 aromatic carbocycles. The molecule has 1 amide bonds. The smallest absolute Gasteiger partial charge is 0.414 e. The summed E-state index contributed by atoms with van der Waals surface area (Å²) in [5.41, 5.74) is 2.20. The largest absolute Gasteiger partial charge is 0.508 e. The van der Waals surface area contributed by atoms with Gasteiger partial charge in [0.2, 0.25) is 0 Å². The number of phenols is 1. The monoisotopic (exact) mass is 249 g/mol. The molecule has 0 aliphatic carbocycles. The normalized spacial score (nSPS) is 11.3. The molecule has 0 atom stereocenters. The minimum Gasteiger partial charge on any atom is -0.508 e. The molecule has 1 rings (SSSR count). The first-order valence-corrected chi connectivity index (χ1v) is 4.58. The van der Waals surface area contributed by atoms with Crippen molar-refractivity contribution >= 4 is 5.91 Å². The van der Waals surface area contributed by atoms with Crippen LogP contribution in [0.15, 0.2) is 18.2 Å². The van der Waals surface area contributed by atoms with Gasteiger partial charge in [0, 0.05) is 5.56 Å². The van der Waals surface area contributed by atoms with Crippen LogP contribution in [-0.4, -0.2) is 23.8 Å². The molecule has 0 saturated heterocycles. The molecule has 0 aliphatic rings. The highest BCUT2D eigenvalue weighted by molar-refractivity contribution is 5.93. The number of nitrogens with one attached hydrogen (secondary N) is 1. The summed E-state index contributed by atoms with van der Waals surface area (Å²) in [5.74, 6) is -0.974. The maximum atomic E-state index is 11.7. The van der Waals surface area contributed by atoms with Gasteiger partial charge in [0.1, 0.15) is 5.75 Å². The number of amides is 1. The number of aryl methyl sites for hydroxylation is 1. The molecule has 4 nitrogen and oxygen atoms in total. The van der Waals surface area contributed by atoms with Gasteiger partial charge in [-0.2, -0.15) is 13.2 Å². The zero-order valence-corrected chi connectivity index (χ0v) is 8.84. The molecule has 0 unspecified atom stereocenters. The Bertz CT molecular complexity index is 418. The standard InChI is InChI=1S/C10H10F3NO3/c1-6-2-3-7(4-8(6)15)9(16)14-17-5-10(11,12)13/h2-4,15H,5H2,1H3,(H,14,16). The number of benzene rings is 1. The molecule has 0 fully saturated rings. The van der Waals surface area contributed by atoms with Gasteiger partial charge in [-0.15, -0.1) is 0 Å². The van der Waals surface area contributed by atoms with Gasteiger partial charge in [-0.25, -0.2) is 5.48 Å². The molecule has 7 heteroatoms. The van der Waals surface area contributed by atoms with Crippen molar-refractivity contribution in [2.75, 3.05) is 6.61 Å². The fourth-order valence-corrected chi connectivity index (χ4v) is 0.993. The average molecular weight is 249 g/mol. The van der Waals surface area contributed by atoms with Gasteiger partial charge in [0.25, 0.3) is 5.91 Å². The van der Waals surface area contributed by atoms with Gasteiger partial charge in [-0.1, -0.05) is 6.07 Å². The topological polar surface area (TPSA) is 58.6 Å². The van der Waals surface area contributed by atoms with Gasteiger partial charge in [-0.3, -0.25) is 9.63 Å². The molecule has 0 radical (unpaired) electrons. The highest BCUT2D eigenvalue weighted by Gasteiger charge is 2.28. The molecular weight excluding hydrogens is 239 g/mol. The van der Waals surface area contributed by atoms with E-state index in [2.05, 4.69) is 4.84 Å². The summed E-state index contributed by atoms with van der Waals surface area (Å²) < 4.78 is 35.1. The lowest BCUT2D eigenvalue weighted by atomic mass is 10.1. The summed E-state index contributed by atoms with van der Waals surface area (Å²) in [7, 11) is 0. The Morgan fingerprint density at radius 3 is 2.65 bits per heavy atom. The molecule has 0 aromatic heterocycles. The van der Waals surface area contributed by atoms with Gasteiger partial charge in [-0.05, 0) is 24.6 Å². The summed E-state index contributed by atoms with van der Waals surface area (Å²) in [6.45, 7) is 0.0494. The van der Waals surface area contributed by atoms with E-state index in [0.717, 1.165) is 6.07 Å². The Balaban J connectivity index is 2.56. The van der Waals surface area contributed by atoms with Crippen LogP contribution in [0, 0.1) is 6.92 Å². The van der Waals surface area contributed by atoms with Crippen molar-refractivity contribution in [3.63, 3.8) is 0 Å². The summed E-state index contributed by atoms with van der Waals surface area (Å²) in [4.78, 5) is 15.3. The Hall–Kier alpha value is -1.76. The van der Waals surface area contributed by atoms with Crippen molar-refractivity contribution in [2.45, 2.75) is 13.1 Å². The van der Waals surface area contributed by atoms with Crippen LogP contribution in [0.2, 0.25) is 0 Å². The highest BCUT2D eigenvalue weighted by Crippen LogP contribution is 2.17. The van der Waals surface area contributed by atoms with Crippen LogP contribution in [0.1, 0.15) is 15.9 Å². The number of aromatic hydroxyl groups is 1. The SMILES string of the molecule is Cc1ccc(C(=O)NOCC(F)(F)F)cc1O. The lowest BCUT2D eigenvalue weighted by Crippen LogP contribution is -2.29. The van der Waals surface area contributed by atoms with E-state index >= 15 is 0 Å². The van der Waals surface area contributed by atoms with Crippen molar-refractivity contribution < 1.29 is 27.9 Å². The molecule has 94 valence electrons. The third kappa shape index (κ3) is 4.31. The van der Waals surface area contributed by atoms with E-state index in [1.54, 1.807) is 12.4 Å². The van der Waals surface area contributed by atoms with Gasteiger partial charge in [0.15, 0.2) is 6.61 Å². The van der Waals surface area contributed by atoms with Crippen LogP contribution in [0.4, 0.5) is 13.2 Å². The zero-order chi connectivity index (χ0) is 13.1. The van der Waals surface area contributed by atoms with E-state index in [-0.39, 0.29) is 11.3 Å². The fraction of sp³-hybridized carbons (Fsp3) is 0.300. The predicted molar refractivity (Wildman–Crippen MR) is 52.3 cm³/mol. The first kappa shape index (κ1) is 13.3. The fourth-order valence-electron chi connectivity index (χ4n) is 0.993. The predicted octanol–water partition coefficient (Wildman–Crippen LogP) is 1.92. The van der Waals surface area contributed by atoms with E-state index in [1.807, 2.05) is 0 Å². The molecule has 0 spiro atoms. The molecule has 0 aliphatic heterocycles. The third-order valence-electron chi connectivity index (χ3n) is 1.87. The number of hydroxylamine groups is 1. The van der Waals surface area contributed by atoms with Crippen LogP contribution >= 0.6 is 0 Å². The number of hydrogen-bond donors (Lipinski definition) is 2. The summed E-state index contributed by atoms with van der Waals surface area (Å²) in [6, 6.07) is 3.97. The lowest BCUT2D eigenvalue weighted by molar-refractivity contribution is -0.184. The van der Waals surface area contributed by atoms with E-state index < -0.39 is 18.7 Å². The minimum atomic E-state index is -4.51. The highest BCUT2D eigenvalue weighted by atomic mass is 19.4. The number of halogens is 3. The maximum absolute atomic E-state index is 11.7. The number of rotatable bonds is 3. The van der Waals surface area contributed by atoms with Gasteiger partial charge >= 0.3 is 6.18 Å². The Morgan fingerprint density at radius 2 is 2.12 bits per heavy atom. The van der Waals surface area contributed by atoms with Crippen LogP contribution in [0.3, 0.4) is 0 Å². The van der Waals surface area contributed by atoms with Crippen molar-refractivity contribution in [1.29, 1.82) is 0 Å². The first-order chi connectivity index (χ1) is 7.79. The second-order valence-electron chi connectivity index (χ2n) is 3.34. The molecule has 2 N–H and O–H groups in total. The van der Waals surface area contributed by atoms with Crippen molar-refractivity contribution in [3.8, 4) is 5.75 Å². The quantitative estimate of drug-likeness (QED) is 0.804. The molecule has 0 bridgehead atoms. The number of carbonyl (C=O) groups excluding carboxylic acids is 1. The summed E-state index contributed by atoms with van der Waals surface area (Å²) in [6.07, 6.45) is -4.51. The zero-order valence-electron chi connectivity index (χ0n) is 8.84. The van der Waals surface area contributed by atoms with E-state index in [0.29, 0.717) is 5.56 Å². The molecule has 0 heterocycles. The van der Waals surface area contributed by atoms with Crippen molar-refractivity contribution in [1.82, 2.24) is 5.48 Å². The average Bonchev–Trinajstić information content (AvgIpc) is 2.20. The van der Waals surface area contributed by atoms with Gasteiger partial charge < -0.3 is 5.11 Å². The number of carbonyl (C=O) groups is 1. The number of hydrogen-bond acceptors (Lipinski definition) is 3. The Morgan fingerprint density at radius 1 is 1.47 bits per heavy atom. The lowest BCUT2D eigenvalue weighted by Gasteiger charge is -2.08. The van der Waals surface area contributed by atoms with E-state index in [4.69, 9.17) is 0 Å². The van der Waals surface area contributed by atoms with E-state index in [9.17, 15) is 23.1 Å². The summed E-state index contributed by atoms with van der Waals surface area (Å²) in [5, 5.41) is 9.30. The second-order valence-corrected chi connectivity index (χ2v) is 3.34. The molecule has 0 saturated carbocycles. The van der Waals surface area contributed by atoms with Crippen LogP contribution < -0.4 is 5.48 Å². The molecular formula is C10H10F3NO3. The Kier molecular flexibility index (Phi) is 3.95. The summed E-state index contributed by atoms with van der Waals surface area (Å²) >= 11 is 0. The molecule has 1 aromatic rings. The van der Waals surface area contributed by atoms with E-state index in [1.165, 1.54) is 12.1 Å². The van der Waals surface area contributed by atoms with Crippen LogP contribution in [0.5, 0.6) is 5.75 Å². The Labute approximate surface area is 95.0 Å². The number of phenolic OH excluding ortho intramolecular Hbond substituents is 1. The first-order valence-electron chi connectivity index (χ1n) is 4.58. The third-order valence-corrected chi connectivity index (χ3v) is 1.87. The minimum absolute atomic E-state index is 0.00951. The molecule has 17 heavy (non-hydrogen) atoms. The van der Waals surface area contributed by atoms with Gasteiger partial charge in [0.05, 0.1) is 0 Å². The van der Waals surface area contributed by atoms with Crippen LogP contribution in [0.25, 0.3) is 0 Å². The number of alkyl halides is 3. The van der Waals surface area contributed by atoms with Crippen LogP contribution in [-0.2, 0) is 4.84 Å². The van der Waals surface area contributed by atoms with Crippen molar-refractivity contribution in [2.24, 2.45) is 0 Å². The second kappa shape index (κ2) is 5.05.